The summed E-state index contributed by atoms with van der Waals surface area (Å²) in [7, 11) is -4.11. The Bertz CT molecular complexity index is 1280. The number of nitrogens with zero attached hydrogens (tertiary/aromatic N) is 2. The second-order valence-corrected chi connectivity index (χ2v) is 8.83. The van der Waals surface area contributed by atoms with E-state index in [2.05, 4.69) is 19.4 Å². The van der Waals surface area contributed by atoms with Crippen LogP contribution in [0.3, 0.4) is 0 Å². The van der Waals surface area contributed by atoms with E-state index in [1.54, 1.807) is 19.1 Å². The van der Waals surface area contributed by atoms with Crippen molar-refractivity contribution in [3.63, 3.8) is 0 Å². The van der Waals surface area contributed by atoms with Crippen molar-refractivity contribution in [3.05, 3.63) is 60.3 Å². The Kier molecular flexibility index (Phi) is 7.43. The standard InChI is InChI=1S/C21H17F6N3O4S/c1-13-2-5-15(6-3-13)35(31,32)30-19-28-9-8-17(29-19)16-10-14(33-11-20(22,23)24)4-7-18(16)34-12-21(25,26)27/h2-10H,11-12H2,1H3,(H,28,29,30). The summed E-state index contributed by atoms with van der Waals surface area (Å²) in [4.78, 5) is 7.69. The van der Waals surface area contributed by atoms with E-state index in [0.717, 1.165) is 30.0 Å². The third kappa shape index (κ3) is 7.73. The van der Waals surface area contributed by atoms with Crippen LogP contribution in [0.5, 0.6) is 11.5 Å². The number of nitrogens with one attached hydrogen (secondary N) is 1. The minimum atomic E-state index is -4.69. The zero-order valence-electron chi connectivity index (χ0n) is 17.8. The second kappa shape index (κ2) is 9.98. The molecule has 0 atom stereocenters. The van der Waals surface area contributed by atoms with Crippen LogP contribution in [0.25, 0.3) is 11.3 Å². The molecule has 0 amide bonds. The molecule has 0 aliphatic carbocycles. The van der Waals surface area contributed by atoms with Crippen LogP contribution in [-0.2, 0) is 10.0 Å². The van der Waals surface area contributed by atoms with Crippen LogP contribution in [0.1, 0.15) is 5.56 Å². The topological polar surface area (TPSA) is 90.4 Å². The van der Waals surface area contributed by atoms with E-state index >= 15 is 0 Å². The van der Waals surface area contributed by atoms with E-state index in [1.165, 1.54) is 18.2 Å². The Balaban J connectivity index is 1.95. The van der Waals surface area contributed by atoms with E-state index in [1.807, 2.05) is 0 Å². The summed E-state index contributed by atoms with van der Waals surface area (Å²) < 4.78 is 112. The maximum atomic E-state index is 12.7. The van der Waals surface area contributed by atoms with Crippen molar-refractivity contribution in [3.8, 4) is 22.8 Å². The predicted octanol–water partition coefficient (Wildman–Crippen LogP) is 5.14. The SMILES string of the molecule is Cc1ccc(S(=O)(=O)Nc2nccc(-c3cc(OCC(F)(F)F)ccc3OCC(F)(F)F)n2)cc1. The van der Waals surface area contributed by atoms with Gasteiger partial charge < -0.3 is 9.47 Å². The molecule has 35 heavy (non-hydrogen) atoms. The van der Waals surface area contributed by atoms with Crippen molar-refractivity contribution in [2.75, 3.05) is 17.9 Å². The summed E-state index contributed by atoms with van der Waals surface area (Å²) >= 11 is 0. The molecule has 0 saturated carbocycles. The third-order valence-electron chi connectivity index (χ3n) is 4.23. The van der Waals surface area contributed by atoms with Gasteiger partial charge >= 0.3 is 12.4 Å². The van der Waals surface area contributed by atoms with Gasteiger partial charge in [-0.3, -0.25) is 0 Å². The molecule has 0 fully saturated rings. The molecule has 0 spiro atoms. The zero-order valence-corrected chi connectivity index (χ0v) is 18.6. The summed E-state index contributed by atoms with van der Waals surface area (Å²) in [5.74, 6) is -1.11. The van der Waals surface area contributed by atoms with Crippen molar-refractivity contribution < 1.29 is 44.2 Å². The van der Waals surface area contributed by atoms with Gasteiger partial charge in [0.1, 0.15) is 11.5 Å². The lowest BCUT2D eigenvalue weighted by Gasteiger charge is -2.16. The molecule has 3 rings (SSSR count). The van der Waals surface area contributed by atoms with E-state index in [9.17, 15) is 34.8 Å². The third-order valence-corrected chi connectivity index (χ3v) is 5.58. The Hall–Kier alpha value is -3.55. The number of hydrogen-bond acceptors (Lipinski definition) is 6. The van der Waals surface area contributed by atoms with Gasteiger partial charge in [0.15, 0.2) is 13.2 Å². The molecule has 0 unspecified atom stereocenters. The van der Waals surface area contributed by atoms with Gasteiger partial charge in [0.25, 0.3) is 10.0 Å². The van der Waals surface area contributed by atoms with Crippen LogP contribution in [0.2, 0.25) is 0 Å². The van der Waals surface area contributed by atoms with Gasteiger partial charge in [-0.2, -0.15) is 26.3 Å². The lowest BCUT2D eigenvalue weighted by molar-refractivity contribution is -0.154. The number of anilines is 1. The van der Waals surface area contributed by atoms with Gasteiger partial charge in [0, 0.05) is 11.8 Å². The molecule has 188 valence electrons. The van der Waals surface area contributed by atoms with E-state index in [-0.39, 0.29) is 27.7 Å². The Labute approximate surface area is 195 Å². The van der Waals surface area contributed by atoms with Crippen LogP contribution in [0.4, 0.5) is 32.3 Å². The van der Waals surface area contributed by atoms with Crippen LogP contribution in [0.15, 0.2) is 59.6 Å². The largest absolute Gasteiger partial charge is 0.484 e. The first-order chi connectivity index (χ1) is 16.2. The lowest BCUT2D eigenvalue weighted by atomic mass is 10.1. The summed E-state index contributed by atoms with van der Waals surface area (Å²) in [5.41, 5.74) is 0.518. The molecule has 1 aromatic heterocycles. The molecule has 2 aromatic carbocycles. The number of halogens is 6. The van der Waals surface area contributed by atoms with Crippen LogP contribution >= 0.6 is 0 Å². The van der Waals surface area contributed by atoms with Crippen molar-refractivity contribution in [2.24, 2.45) is 0 Å². The van der Waals surface area contributed by atoms with Crippen molar-refractivity contribution >= 4 is 16.0 Å². The minimum absolute atomic E-state index is 0.0890. The highest BCUT2D eigenvalue weighted by molar-refractivity contribution is 7.92. The molecular weight excluding hydrogens is 504 g/mol. The molecule has 7 nitrogen and oxygen atoms in total. The maximum Gasteiger partial charge on any atom is 0.422 e. The molecule has 14 heteroatoms. The van der Waals surface area contributed by atoms with Gasteiger partial charge in [-0.15, -0.1) is 0 Å². The number of aromatic nitrogens is 2. The highest BCUT2D eigenvalue weighted by Crippen LogP contribution is 2.34. The van der Waals surface area contributed by atoms with Crippen LogP contribution in [0, 0.1) is 6.92 Å². The smallest absolute Gasteiger partial charge is 0.422 e. The number of aryl methyl sites for hydroxylation is 1. The average Bonchev–Trinajstić information content (AvgIpc) is 2.75. The number of benzene rings is 2. The highest BCUT2D eigenvalue weighted by atomic mass is 32.2. The molecule has 0 saturated heterocycles. The quantitative estimate of drug-likeness (QED) is 0.413. The van der Waals surface area contributed by atoms with Gasteiger partial charge in [-0.25, -0.2) is 23.1 Å². The van der Waals surface area contributed by atoms with Gasteiger partial charge in [0.2, 0.25) is 5.95 Å². The van der Waals surface area contributed by atoms with E-state index in [0.29, 0.717) is 0 Å². The summed E-state index contributed by atoms with van der Waals surface area (Å²) in [6.45, 7) is -1.55. The summed E-state index contributed by atoms with van der Waals surface area (Å²) in [6, 6.07) is 10.1. The number of alkyl halides is 6. The van der Waals surface area contributed by atoms with E-state index in [4.69, 9.17) is 4.74 Å². The normalized spacial score (nSPS) is 12.3. The van der Waals surface area contributed by atoms with Crippen molar-refractivity contribution in [1.29, 1.82) is 0 Å². The van der Waals surface area contributed by atoms with E-state index < -0.39 is 41.5 Å². The molecular formula is C21H17F6N3O4S. The number of hydrogen-bond donors (Lipinski definition) is 1. The first kappa shape index (κ1) is 26.1. The van der Waals surface area contributed by atoms with Gasteiger partial charge in [-0.05, 0) is 43.3 Å². The molecule has 3 aromatic rings. The fourth-order valence-corrected chi connectivity index (χ4v) is 3.66. The molecule has 0 radical (unpaired) electrons. The number of rotatable bonds is 8. The zero-order chi connectivity index (χ0) is 25.9. The highest BCUT2D eigenvalue weighted by Gasteiger charge is 2.30. The second-order valence-electron chi connectivity index (χ2n) is 7.15. The van der Waals surface area contributed by atoms with Gasteiger partial charge in [-0.1, -0.05) is 17.7 Å². The fourth-order valence-electron chi connectivity index (χ4n) is 2.70. The van der Waals surface area contributed by atoms with Gasteiger partial charge in [0.05, 0.1) is 10.6 Å². The average molecular weight is 521 g/mol. The van der Waals surface area contributed by atoms with Crippen LogP contribution in [-0.4, -0.2) is 44.0 Å². The van der Waals surface area contributed by atoms with Crippen molar-refractivity contribution in [1.82, 2.24) is 9.97 Å². The maximum absolute atomic E-state index is 12.7. The molecule has 0 aliphatic rings. The number of sulfonamides is 1. The lowest BCUT2D eigenvalue weighted by Crippen LogP contribution is -2.20. The first-order valence-corrected chi connectivity index (χ1v) is 11.2. The fraction of sp³-hybridized carbons (Fsp3) is 0.238. The van der Waals surface area contributed by atoms with Crippen molar-refractivity contribution in [2.45, 2.75) is 24.2 Å². The summed E-state index contributed by atoms with van der Waals surface area (Å²) in [6.07, 6.45) is -8.22. The minimum Gasteiger partial charge on any atom is -0.484 e. The Morgan fingerprint density at radius 2 is 1.51 bits per heavy atom. The first-order valence-electron chi connectivity index (χ1n) is 9.68. The summed E-state index contributed by atoms with van der Waals surface area (Å²) in [5, 5.41) is 0. The molecule has 1 heterocycles. The van der Waals surface area contributed by atoms with Crippen LogP contribution < -0.4 is 14.2 Å². The molecule has 1 N–H and O–H groups in total. The monoisotopic (exact) mass is 521 g/mol. The Morgan fingerprint density at radius 1 is 0.886 bits per heavy atom. The Morgan fingerprint density at radius 3 is 2.14 bits per heavy atom. The predicted molar refractivity (Wildman–Crippen MR) is 113 cm³/mol. The number of ether oxygens (including phenoxy) is 2. The molecule has 0 bridgehead atoms. The molecule has 0 aliphatic heterocycles.